The Balaban J connectivity index is 3.15. The predicted molar refractivity (Wildman–Crippen MR) is 94.9 cm³/mol. The molecule has 0 radical (unpaired) electrons. The Kier molecular flexibility index (Phi) is 7.13. The predicted octanol–water partition coefficient (Wildman–Crippen LogP) is 1.93. The Morgan fingerprint density at radius 3 is 2.32 bits per heavy atom. The minimum absolute atomic E-state index is 0.132. The lowest BCUT2D eigenvalue weighted by atomic mass is 10.0. The number of likely N-dealkylation sites (N-methyl/N-ethyl adjacent to an activating group) is 1. The lowest BCUT2D eigenvalue weighted by Gasteiger charge is -2.28. The number of phosphoric ester groups is 1. The molecule has 1 rings (SSSR count). The maximum Gasteiger partial charge on any atom is 0.525 e. The van der Waals surface area contributed by atoms with Crippen molar-refractivity contribution in [3.8, 4) is 5.75 Å². The quantitative estimate of drug-likeness (QED) is 0.335. The molecule has 0 aliphatic heterocycles. The summed E-state index contributed by atoms with van der Waals surface area (Å²) in [6.07, 6.45) is -1.21. The number of hydrogen-bond acceptors (Lipinski definition) is 7. The van der Waals surface area contributed by atoms with E-state index >= 15 is 0 Å². The smallest absolute Gasteiger partial charge is 0.480 e. The summed E-state index contributed by atoms with van der Waals surface area (Å²) in [5.74, 6) is -2.04. The summed E-state index contributed by atoms with van der Waals surface area (Å²) in [6.45, 7) is 4.83. The number of carbonyl (C=O) groups excluding carboxylic acids is 1. The second kappa shape index (κ2) is 8.55. The molecule has 0 saturated carbocycles. The van der Waals surface area contributed by atoms with E-state index in [9.17, 15) is 29.4 Å². The van der Waals surface area contributed by atoms with Gasteiger partial charge < -0.3 is 14.4 Å². The Morgan fingerprint density at radius 1 is 1.32 bits per heavy atom. The monoisotopic (exact) mass is 420 g/mol. The zero-order valence-corrected chi connectivity index (χ0v) is 16.5. The van der Waals surface area contributed by atoms with Gasteiger partial charge in [-0.25, -0.2) is 14.2 Å². The SMILES string of the molecule is CN(C(=O)OC(C)(C)C)[C@@H](Cc1ccc(OP(=O)(O)O)c([N+](=O)[O-])c1)C(=O)O. The van der Waals surface area contributed by atoms with Crippen molar-refractivity contribution in [2.45, 2.75) is 38.8 Å². The van der Waals surface area contributed by atoms with Crippen LogP contribution in [-0.4, -0.2) is 55.5 Å². The van der Waals surface area contributed by atoms with Crippen LogP contribution in [0.25, 0.3) is 0 Å². The van der Waals surface area contributed by atoms with E-state index in [1.54, 1.807) is 20.8 Å². The van der Waals surface area contributed by atoms with Crippen molar-refractivity contribution in [2.75, 3.05) is 7.05 Å². The van der Waals surface area contributed by atoms with Gasteiger partial charge in [-0.3, -0.25) is 24.8 Å². The van der Waals surface area contributed by atoms with Crippen LogP contribution in [-0.2, 0) is 20.5 Å². The minimum Gasteiger partial charge on any atom is -0.480 e. The van der Waals surface area contributed by atoms with Crippen LogP contribution in [0.2, 0.25) is 0 Å². The first kappa shape index (κ1) is 23.3. The molecule has 12 nitrogen and oxygen atoms in total. The summed E-state index contributed by atoms with van der Waals surface area (Å²) in [7, 11) is -3.81. The number of carboxylic acid groups (broad SMARTS) is 1. The molecular weight excluding hydrogens is 399 g/mol. The highest BCUT2D eigenvalue weighted by molar-refractivity contribution is 7.46. The first-order valence-electron chi connectivity index (χ1n) is 7.82. The topological polar surface area (TPSA) is 177 Å². The first-order chi connectivity index (χ1) is 12.6. The van der Waals surface area contributed by atoms with E-state index in [4.69, 9.17) is 14.5 Å². The van der Waals surface area contributed by atoms with E-state index in [2.05, 4.69) is 4.52 Å². The number of ether oxygens (including phenoxy) is 1. The van der Waals surface area contributed by atoms with Gasteiger partial charge in [0.05, 0.1) is 4.92 Å². The molecule has 0 aromatic heterocycles. The van der Waals surface area contributed by atoms with Crippen LogP contribution in [0.15, 0.2) is 18.2 Å². The third kappa shape index (κ3) is 7.14. The molecular formula is C15H21N2O10P. The molecule has 0 unspecified atom stereocenters. The highest BCUT2D eigenvalue weighted by Gasteiger charge is 2.31. The molecule has 0 aliphatic rings. The van der Waals surface area contributed by atoms with Gasteiger partial charge in [-0.2, -0.15) is 0 Å². The molecule has 0 aliphatic carbocycles. The standard InChI is InChI=1S/C15H21N2O10P/c1-15(2,3)26-14(20)16(4)11(13(18)19)8-9-5-6-12(27-28(23,24)25)10(7-9)17(21)22/h5-7,11H,8H2,1-4H3,(H,18,19)(H2,23,24,25)/t11-/m0/s1. The maximum absolute atomic E-state index is 12.1. The molecule has 1 aromatic rings. The number of nitro benzene ring substituents is 1. The first-order valence-corrected chi connectivity index (χ1v) is 9.35. The molecule has 3 N–H and O–H groups in total. The summed E-state index contributed by atoms with van der Waals surface area (Å²) in [4.78, 5) is 52.4. The fourth-order valence-corrected chi connectivity index (χ4v) is 2.52. The highest BCUT2D eigenvalue weighted by Crippen LogP contribution is 2.42. The number of phosphoric acid groups is 1. The molecule has 0 heterocycles. The number of benzene rings is 1. The average Bonchev–Trinajstić information content (AvgIpc) is 2.49. The maximum atomic E-state index is 12.1. The normalized spacial score (nSPS) is 12.8. The molecule has 0 bridgehead atoms. The fourth-order valence-electron chi connectivity index (χ4n) is 2.11. The van der Waals surface area contributed by atoms with Crippen molar-refractivity contribution in [1.82, 2.24) is 4.90 Å². The highest BCUT2D eigenvalue weighted by atomic mass is 31.2. The van der Waals surface area contributed by atoms with Gasteiger partial charge in [0.15, 0.2) is 0 Å². The van der Waals surface area contributed by atoms with Crippen LogP contribution in [0.4, 0.5) is 10.5 Å². The van der Waals surface area contributed by atoms with E-state index in [0.29, 0.717) is 0 Å². The number of hydrogen-bond donors (Lipinski definition) is 3. The van der Waals surface area contributed by atoms with Gasteiger partial charge in [-0.1, -0.05) is 6.07 Å². The molecule has 0 spiro atoms. The zero-order valence-electron chi connectivity index (χ0n) is 15.6. The largest absolute Gasteiger partial charge is 0.525 e. The van der Waals surface area contributed by atoms with Gasteiger partial charge in [0.2, 0.25) is 5.75 Å². The van der Waals surface area contributed by atoms with E-state index in [0.717, 1.165) is 17.0 Å². The molecule has 0 saturated heterocycles. The lowest BCUT2D eigenvalue weighted by Crippen LogP contribution is -2.46. The number of amides is 1. The van der Waals surface area contributed by atoms with Crippen LogP contribution < -0.4 is 4.52 Å². The summed E-state index contributed by atoms with van der Waals surface area (Å²) in [5.41, 5.74) is -1.48. The molecule has 0 fully saturated rings. The Hall–Kier alpha value is -2.69. The van der Waals surface area contributed by atoms with E-state index < -0.39 is 47.9 Å². The van der Waals surface area contributed by atoms with E-state index in [-0.39, 0.29) is 12.0 Å². The summed E-state index contributed by atoms with van der Waals surface area (Å²) in [6, 6.07) is 1.67. The van der Waals surface area contributed by atoms with Crippen LogP contribution in [0.1, 0.15) is 26.3 Å². The van der Waals surface area contributed by atoms with Gasteiger partial charge in [-0.05, 0) is 32.4 Å². The second-order valence-corrected chi connectivity index (χ2v) is 7.95. The van der Waals surface area contributed by atoms with Gasteiger partial charge in [-0.15, -0.1) is 0 Å². The number of nitro groups is 1. The Labute approximate surface area is 160 Å². The number of nitrogens with zero attached hydrogens (tertiary/aromatic N) is 2. The summed E-state index contributed by atoms with van der Waals surface area (Å²) >= 11 is 0. The van der Waals surface area contributed by atoms with Crippen LogP contribution in [0.3, 0.4) is 0 Å². The molecule has 1 atom stereocenters. The van der Waals surface area contributed by atoms with E-state index in [1.807, 2.05) is 0 Å². The van der Waals surface area contributed by atoms with Gasteiger partial charge >= 0.3 is 25.6 Å². The van der Waals surface area contributed by atoms with Crippen LogP contribution >= 0.6 is 7.82 Å². The van der Waals surface area contributed by atoms with Crippen molar-refractivity contribution in [1.29, 1.82) is 0 Å². The zero-order chi connectivity index (χ0) is 21.9. The number of carboxylic acids is 1. The molecule has 28 heavy (non-hydrogen) atoms. The van der Waals surface area contributed by atoms with Gasteiger partial charge in [0, 0.05) is 19.5 Å². The Morgan fingerprint density at radius 2 is 1.89 bits per heavy atom. The second-order valence-electron chi connectivity index (χ2n) is 6.79. The van der Waals surface area contributed by atoms with Crippen molar-refractivity contribution in [3.63, 3.8) is 0 Å². The lowest BCUT2D eigenvalue weighted by molar-refractivity contribution is -0.385. The molecule has 1 aromatic carbocycles. The summed E-state index contributed by atoms with van der Waals surface area (Å²) < 4.78 is 20.3. The fraction of sp³-hybridized carbons (Fsp3) is 0.467. The molecule has 1 amide bonds. The van der Waals surface area contributed by atoms with Gasteiger partial charge in [0.25, 0.3) is 0 Å². The molecule has 156 valence electrons. The van der Waals surface area contributed by atoms with Crippen LogP contribution in [0, 0.1) is 10.1 Å². The van der Waals surface area contributed by atoms with Crippen molar-refractivity contribution in [2.24, 2.45) is 0 Å². The van der Waals surface area contributed by atoms with E-state index in [1.165, 1.54) is 13.1 Å². The van der Waals surface area contributed by atoms with Crippen molar-refractivity contribution < 1.29 is 43.2 Å². The average molecular weight is 420 g/mol. The van der Waals surface area contributed by atoms with Gasteiger partial charge in [0.1, 0.15) is 11.6 Å². The minimum atomic E-state index is -5.03. The number of rotatable bonds is 7. The van der Waals surface area contributed by atoms with Crippen molar-refractivity contribution >= 4 is 25.6 Å². The Bertz CT molecular complexity index is 814. The van der Waals surface area contributed by atoms with Crippen molar-refractivity contribution in [3.05, 3.63) is 33.9 Å². The number of carbonyl (C=O) groups is 2. The summed E-state index contributed by atoms with van der Waals surface area (Å²) in [5, 5.41) is 20.6. The third-order valence-electron chi connectivity index (χ3n) is 3.30. The van der Waals surface area contributed by atoms with Crippen LogP contribution in [0.5, 0.6) is 5.75 Å². The molecule has 13 heteroatoms. The number of aliphatic carboxylic acids is 1. The third-order valence-corrected chi connectivity index (χ3v) is 3.73.